The highest BCUT2D eigenvalue weighted by atomic mass is 35.5. The van der Waals surface area contributed by atoms with Gasteiger partial charge in [0.2, 0.25) is 0 Å². The topological polar surface area (TPSA) is 71.1 Å². The summed E-state index contributed by atoms with van der Waals surface area (Å²) in [5.41, 5.74) is 2.48. The second-order valence-electron chi connectivity index (χ2n) is 4.73. The first-order valence-electron chi connectivity index (χ1n) is 6.26. The van der Waals surface area contributed by atoms with Crippen molar-refractivity contribution in [3.05, 3.63) is 46.6 Å². The van der Waals surface area contributed by atoms with Crippen molar-refractivity contribution in [2.24, 2.45) is 0 Å². The summed E-state index contributed by atoms with van der Waals surface area (Å²) in [6.07, 6.45) is 1.27. The van der Waals surface area contributed by atoms with Gasteiger partial charge in [0, 0.05) is 18.9 Å². The summed E-state index contributed by atoms with van der Waals surface area (Å²) in [4.78, 5) is 4.00. The first-order chi connectivity index (χ1) is 9.81. The van der Waals surface area contributed by atoms with Gasteiger partial charge in [-0.3, -0.25) is 4.72 Å². The molecule has 0 fully saturated rings. The maximum atomic E-state index is 12.3. The van der Waals surface area contributed by atoms with E-state index in [2.05, 4.69) is 15.0 Å². The molecule has 0 spiro atoms. The lowest BCUT2D eigenvalue weighted by Crippen LogP contribution is -2.13. The predicted molar refractivity (Wildman–Crippen MR) is 85.5 cm³/mol. The summed E-state index contributed by atoms with van der Waals surface area (Å²) in [5.74, 6) is 0.432. The molecule has 0 amide bonds. The lowest BCUT2D eigenvalue weighted by atomic mass is 10.1. The number of benzene rings is 1. The zero-order valence-electron chi connectivity index (χ0n) is 11.9. The van der Waals surface area contributed by atoms with Crippen molar-refractivity contribution in [1.29, 1.82) is 0 Å². The van der Waals surface area contributed by atoms with Gasteiger partial charge >= 0.3 is 0 Å². The van der Waals surface area contributed by atoms with E-state index < -0.39 is 10.0 Å². The van der Waals surface area contributed by atoms with Crippen LogP contribution in [0.1, 0.15) is 11.1 Å². The maximum Gasteiger partial charge on any atom is 0.263 e. The monoisotopic (exact) mass is 325 g/mol. The molecule has 2 rings (SSSR count). The van der Waals surface area contributed by atoms with Gasteiger partial charge in [0.1, 0.15) is 10.7 Å². The third-order valence-electron chi connectivity index (χ3n) is 2.84. The molecule has 0 aliphatic rings. The van der Waals surface area contributed by atoms with E-state index in [0.717, 1.165) is 11.1 Å². The van der Waals surface area contributed by atoms with E-state index in [1.807, 2.05) is 19.9 Å². The molecule has 0 aliphatic carbocycles. The van der Waals surface area contributed by atoms with Crippen LogP contribution in [0.4, 0.5) is 11.5 Å². The van der Waals surface area contributed by atoms with Crippen LogP contribution in [0.5, 0.6) is 0 Å². The third-order valence-corrected chi connectivity index (χ3v) is 4.47. The quantitative estimate of drug-likeness (QED) is 0.905. The fraction of sp³-hybridized carbons (Fsp3) is 0.214. The minimum absolute atomic E-state index is 0.0191. The number of anilines is 2. The van der Waals surface area contributed by atoms with Gasteiger partial charge in [-0.15, -0.1) is 0 Å². The molecule has 0 atom stereocenters. The van der Waals surface area contributed by atoms with Crippen LogP contribution in [0.15, 0.2) is 35.4 Å². The molecule has 112 valence electrons. The summed E-state index contributed by atoms with van der Waals surface area (Å²) >= 11 is 5.97. The minimum atomic E-state index is -3.72. The molecule has 0 aliphatic heterocycles. The summed E-state index contributed by atoms with van der Waals surface area (Å²) in [7, 11) is -2.06. The molecule has 5 nitrogen and oxygen atoms in total. The molecule has 21 heavy (non-hydrogen) atoms. The lowest BCUT2D eigenvalue weighted by Gasteiger charge is -2.11. The van der Waals surface area contributed by atoms with Gasteiger partial charge in [0.25, 0.3) is 10.0 Å². The summed E-state index contributed by atoms with van der Waals surface area (Å²) < 4.78 is 27.2. The molecule has 7 heteroatoms. The number of hydrogen-bond acceptors (Lipinski definition) is 4. The van der Waals surface area contributed by atoms with Gasteiger partial charge in [0.15, 0.2) is 0 Å². The zero-order chi connectivity index (χ0) is 15.6. The number of halogens is 1. The number of hydrogen-bond donors (Lipinski definition) is 2. The molecule has 0 saturated carbocycles. The Morgan fingerprint density at radius 2 is 1.71 bits per heavy atom. The molecule has 1 aromatic carbocycles. The first kappa shape index (κ1) is 15.6. The van der Waals surface area contributed by atoms with E-state index in [-0.39, 0.29) is 9.92 Å². The summed E-state index contributed by atoms with van der Waals surface area (Å²) in [6, 6.07) is 6.87. The summed E-state index contributed by atoms with van der Waals surface area (Å²) in [6.45, 7) is 3.82. The molecule has 0 bridgehead atoms. The molecule has 2 N–H and O–H groups in total. The highest BCUT2D eigenvalue weighted by Gasteiger charge is 2.17. The van der Waals surface area contributed by atoms with Crippen LogP contribution in [-0.2, 0) is 10.0 Å². The van der Waals surface area contributed by atoms with Gasteiger partial charge in [0.05, 0.1) is 5.02 Å². The lowest BCUT2D eigenvalue weighted by molar-refractivity contribution is 0.601. The maximum absolute atomic E-state index is 12.3. The SMILES string of the molecule is CNc1ncc(S(=O)(=O)Nc2cc(C)cc(C)c2)cc1Cl. The first-order valence-corrected chi connectivity index (χ1v) is 8.12. The van der Waals surface area contributed by atoms with E-state index in [1.165, 1.54) is 12.3 Å². The van der Waals surface area contributed by atoms with Crippen molar-refractivity contribution < 1.29 is 8.42 Å². The van der Waals surface area contributed by atoms with E-state index >= 15 is 0 Å². The largest absolute Gasteiger partial charge is 0.372 e. The van der Waals surface area contributed by atoms with Crippen LogP contribution >= 0.6 is 11.6 Å². The third kappa shape index (κ3) is 3.65. The Kier molecular flexibility index (Phi) is 4.39. The van der Waals surface area contributed by atoms with Crippen LogP contribution in [0.25, 0.3) is 0 Å². The zero-order valence-corrected chi connectivity index (χ0v) is 13.5. The number of aromatic nitrogens is 1. The Morgan fingerprint density at radius 1 is 1.10 bits per heavy atom. The van der Waals surface area contributed by atoms with Crippen molar-refractivity contribution in [2.75, 3.05) is 17.1 Å². The number of nitrogens with one attached hydrogen (secondary N) is 2. The fourth-order valence-electron chi connectivity index (χ4n) is 2.00. The van der Waals surface area contributed by atoms with E-state index in [0.29, 0.717) is 11.5 Å². The number of nitrogens with zero attached hydrogens (tertiary/aromatic N) is 1. The standard InChI is InChI=1S/C14H16ClN3O2S/c1-9-4-10(2)6-11(5-9)18-21(19,20)12-7-13(15)14(16-3)17-8-12/h4-8,18H,1-3H3,(H,16,17). The molecule has 2 aromatic rings. The number of aryl methyl sites for hydroxylation is 2. The smallest absolute Gasteiger partial charge is 0.263 e. The molecular weight excluding hydrogens is 310 g/mol. The van der Waals surface area contributed by atoms with Crippen LogP contribution in [0, 0.1) is 13.8 Å². The van der Waals surface area contributed by atoms with Crippen LogP contribution in [0.2, 0.25) is 5.02 Å². The van der Waals surface area contributed by atoms with Crippen molar-refractivity contribution in [1.82, 2.24) is 4.98 Å². The average Bonchev–Trinajstić information content (AvgIpc) is 2.36. The Morgan fingerprint density at radius 3 is 2.24 bits per heavy atom. The van der Waals surface area contributed by atoms with Crippen LogP contribution in [0.3, 0.4) is 0 Å². The van der Waals surface area contributed by atoms with Crippen molar-refractivity contribution in [3.8, 4) is 0 Å². The Labute approximate surface area is 129 Å². The molecule has 1 aromatic heterocycles. The second kappa shape index (κ2) is 5.91. The van der Waals surface area contributed by atoms with Crippen LogP contribution in [-0.4, -0.2) is 20.4 Å². The second-order valence-corrected chi connectivity index (χ2v) is 6.82. The molecule has 0 unspecified atom stereocenters. The van der Waals surface area contributed by atoms with Crippen molar-refractivity contribution in [2.45, 2.75) is 18.7 Å². The highest BCUT2D eigenvalue weighted by Crippen LogP contribution is 2.24. The predicted octanol–water partition coefficient (Wildman–Crippen LogP) is 3.19. The van der Waals surface area contributed by atoms with E-state index in [9.17, 15) is 8.42 Å². The molecule has 0 radical (unpaired) electrons. The average molecular weight is 326 g/mol. The van der Waals surface area contributed by atoms with Gasteiger partial charge in [-0.05, 0) is 43.2 Å². The molecular formula is C14H16ClN3O2S. The van der Waals surface area contributed by atoms with E-state index in [4.69, 9.17) is 11.6 Å². The Balaban J connectivity index is 2.36. The van der Waals surface area contributed by atoms with Gasteiger partial charge < -0.3 is 5.32 Å². The van der Waals surface area contributed by atoms with E-state index in [1.54, 1.807) is 19.2 Å². The molecule has 1 heterocycles. The van der Waals surface area contributed by atoms with Gasteiger partial charge in [-0.2, -0.15) is 0 Å². The number of pyridine rings is 1. The fourth-order valence-corrected chi connectivity index (χ4v) is 3.33. The Bertz CT molecular complexity index is 756. The number of sulfonamides is 1. The minimum Gasteiger partial charge on any atom is -0.372 e. The van der Waals surface area contributed by atoms with Gasteiger partial charge in [-0.1, -0.05) is 17.7 Å². The van der Waals surface area contributed by atoms with Gasteiger partial charge in [-0.25, -0.2) is 13.4 Å². The highest BCUT2D eigenvalue weighted by molar-refractivity contribution is 7.92. The molecule has 0 saturated heterocycles. The summed E-state index contributed by atoms with van der Waals surface area (Å²) in [5, 5.41) is 3.03. The normalized spacial score (nSPS) is 11.2. The Hall–Kier alpha value is -1.79. The van der Waals surface area contributed by atoms with Crippen molar-refractivity contribution in [3.63, 3.8) is 0 Å². The number of rotatable bonds is 4. The van der Waals surface area contributed by atoms with Crippen molar-refractivity contribution >= 4 is 33.1 Å². The van der Waals surface area contributed by atoms with Crippen LogP contribution < -0.4 is 10.0 Å².